The minimum atomic E-state index is -0.265. The molecule has 1 amide bonds. The number of hydrogen-bond acceptors (Lipinski definition) is 3. The average molecular weight is 393 g/mol. The fourth-order valence-electron chi connectivity index (χ4n) is 4.12. The first-order valence-electron chi connectivity index (χ1n) is 9.81. The van der Waals surface area contributed by atoms with E-state index in [-0.39, 0.29) is 23.4 Å². The second kappa shape index (κ2) is 8.10. The van der Waals surface area contributed by atoms with E-state index in [4.69, 9.17) is 12.2 Å². The van der Waals surface area contributed by atoms with Gasteiger partial charge in [-0.25, -0.2) is 4.39 Å². The van der Waals surface area contributed by atoms with Crippen molar-refractivity contribution in [3.8, 4) is 0 Å². The second-order valence-corrected chi connectivity index (χ2v) is 7.93. The van der Waals surface area contributed by atoms with Crippen molar-refractivity contribution in [3.05, 3.63) is 30.1 Å². The molecule has 1 spiro atoms. The third-order valence-electron chi connectivity index (χ3n) is 5.98. The van der Waals surface area contributed by atoms with Crippen LogP contribution < -0.4 is 10.6 Å². The summed E-state index contributed by atoms with van der Waals surface area (Å²) < 4.78 is 13.1. The molecule has 2 aliphatic heterocycles. The minimum Gasteiger partial charge on any atom is -0.349 e. The molecule has 5 nitrogen and oxygen atoms in total. The van der Waals surface area contributed by atoms with Crippen LogP contribution in [0.15, 0.2) is 24.3 Å². The lowest BCUT2D eigenvalue weighted by atomic mass is 9.95. The summed E-state index contributed by atoms with van der Waals surface area (Å²) in [7, 11) is 0. The van der Waals surface area contributed by atoms with Crippen LogP contribution in [-0.2, 0) is 4.79 Å². The summed E-state index contributed by atoms with van der Waals surface area (Å²) in [4.78, 5) is 17.0. The first-order chi connectivity index (χ1) is 12.9. The Balaban J connectivity index is 1.64. The van der Waals surface area contributed by atoms with Gasteiger partial charge in [-0.3, -0.25) is 10.1 Å². The Morgan fingerprint density at radius 3 is 2.52 bits per heavy atom. The van der Waals surface area contributed by atoms with E-state index >= 15 is 0 Å². The Bertz CT molecular complexity index is 688. The van der Waals surface area contributed by atoms with Gasteiger partial charge in [0.2, 0.25) is 5.91 Å². The monoisotopic (exact) mass is 392 g/mol. The zero-order chi connectivity index (χ0) is 19.6. The van der Waals surface area contributed by atoms with Crippen LogP contribution in [0, 0.1) is 11.7 Å². The maximum absolute atomic E-state index is 13.1. The van der Waals surface area contributed by atoms with Crippen LogP contribution in [0.5, 0.6) is 0 Å². The van der Waals surface area contributed by atoms with Crippen LogP contribution in [0.3, 0.4) is 0 Å². The lowest BCUT2D eigenvalue weighted by molar-refractivity contribution is -0.133. The molecule has 27 heavy (non-hydrogen) atoms. The molecular formula is C20H29FN4OS. The molecular weight excluding hydrogens is 363 g/mol. The smallest absolute Gasteiger partial charge is 0.241 e. The fourth-order valence-corrected chi connectivity index (χ4v) is 4.42. The molecule has 2 fully saturated rings. The third-order valence-corrected chi connectivity index (χ3v) is 6.34. The van der Waals surface area contributed by atoms with E-state index in [2.05, 4.69) is 29.4 Å². The molecule has 2 aliphatic rings. The van der Waals surface area contributed by atoms with Gasteiger partial charge in [-0.15, -0.1) is 0 Å². The van der Waals surface area contributed by atoms with E-state index in [0.29, 0.717) is 11.0 Å². The Morgan fingerprint density at radius 2 is 1.96 bits per heavy atom. The number of amides is 1. The van der Waals surface area contributed by atoms with E-state index in [0.717, 1.165) is 44.6 Å². The Kier molecular flexibility index (Phi) is 6.01. The number of carbonyl (C=O) groups is 1. The van der Waals surface area contributed by atoms with Gasteiger partial charge in [0.05, 0.1) is 11.7 Å². The van der Waals surface area contributed by atoms with E-state index in [1.54, 1.807) is 12.1 Å². The number of thiocarbonyl (C=S) groups is 1. The molecule has 2 atom stereocenters. The number of likely N-dealkylation sites (tertiary alicyclic amines) is 1. The summed E-state index contributed by atoms with van der Waals surface area (Å²) in [6.45, 7) is 8.58. The van der Waals surface area contributed by atoms with Gasteiger partial charge in [-0.2, -0.15) is 0 Å². The van der Waals surface area contributed by atoms with Gasteiger partial charge in [0.1, 0.15) is 5.82 Å². The highest BCUT2D eigenvalue weighted by Gasteiger charge is 2.51. The van der Waals surface area contributed by atoms with Gasteiger partial charge in [0, 0.05) is 38.2 Å². The minimum absolute atomic E-state index is 0.0919. The van der Waals surface area contributed by atoms with Gasteiger partial charge < -0.3 is 15.1 Å². The predicted octanol–water partition coefficient (Wildman–Crippen LogP) is 3.18. The first-order valence-corrected chi connectivity index (χ1v) is 10.2. The Morgan fingerprint density at radius 1 is 1.33 bits per heavy atom. The van der Waals surface area contributed by atoms with Crippen LogP contribution in [0.1, 0.15) is 40.0 Å². The molecule has 0 unspecified atom stereocenters. The fraction of sp³-hybridized carbons (Fsp3) is 0.600. The quantitative estimate of drug-likeness (QED) is 0.771. The van der Waals surface area contributed by atoms with Crippen molar-refractivity contribution in [2.24, 2.45) is 5.92 Å². The summed E-state index contributed by atoms with van der Waals surface area (Å²) in [6, 6.07) is 6.10. The Labute approximate surface area is 166 Å². The van der Waals surface area contributed by atoms with Crippen molar-refractivity contribution in [2.75, 3.05) is 25.0 Å². The molecule has 2 N–H and O–H groups in total. The molecule has 3 rings (SSSR count). The summed E-state index contributed by atoms with van der Waals surface area (Å²) in [5.74, 6) is 0.288. The molecule has 2 saturated heterocycles. The number of likely N-dealkylation sites (N-methyl/N-ethyl adjacent to an activating group) is 1. The molecule has 0 bridgehead atoms. The van der Waals surface area contributed by atoms with Crippen LogP contribution in [-0.4, -0.2) is 52.2 Å². The van der Waals surface area contributed by atoms with Gasteiger partial charge in [0.25, 0.3) is 0 Å². The van der Waals surface area contributed by atoms with Crippen molar-refractivity contribution in [1.29, 1.82) is 0 Å². The lowest BCUT2D eigenvalue weighted by Gasteiger charge is -2.45. The molecule has 0 saturated carbocycles. The van der Waals surface area contributed by atoms with Crippen molar-refractivity contribution in [1.82, 2.24) is 15.1 Å². The number of piperidine rings is 1. The van der Waals surface area contributed by atoms with E-state index < -0.39 is 0 Å². The standard InChI is InChI=1S/C20H29FN4OS/c1-4-14(3)17-18(26)25(5-2)20(23-17)10-12-24(13-11-20)19(27)22-16-8-6-15(21)7-9-16/h6-9,14,17,23H,4-5,10-13H2,1-3H3,(H,22,27)/t14-,17-/m1/s1. The number of hydrogen-bond donors (Lipinski definition) is 2. The number of nitrogens with zero attached hydrogens (tertiary/aromatic N) is 2. The van der Waals surface area contributed by atoms with Crippen LogP contribution in [0.4, 0.5) is 10.1 Å². The van der Waals surface area contributed by atoms with Crippen molar-refractivity contribution < 1.29 is 9.18 Å². The van der Waals surface area contributed by atoms with Gasteiger partial charge in [0.15, 0.2) is 5.11 Å². The second-order valence-electron chi connectivity index (χ2n) is 7.55. The van der Waals surface area contributed by atoms with Crippen LogP contribution in [0.25, 0.3) is 0 Å². The average Bonchev–Trinajstić information content (AvgIpc) is 2.94. The summed E-state index contributed by atoms with van der Waals surface area (Å²) in [5, 5.41) is 7.49. The van der Waals surface area contributed by atoms with Crippen molar-refractivity contribution >= 4 is 28.9 Å². The Hall–Kier alpha value is -1.73. The summed E-state index contributed by atoms with van der Waals surface area (Å²) >= 11 is 5.54. The number of nitrogens with one attached hydrogen (secondary N) is 2. The van der Waals surface area contributed by atoms with Crippen molar-refractivity contribution in [2.45, 2.75) is 51.7 Å². The molecule has 0 aromatic heterocycles. The zero-order valence-electron chi connectivity index (χ0n) is 16.3. The molecule has 2 heterocycles. The lowest BCUT2D eigenvalue weighted by Crippen LogP contribution is -2.60. The highest BCUT2D eigenvalue weighted by Crippen LogP contribution is 2.34. The predicted molar refractivity (Wildman–Crippen MR) is 110 cm³/mol. The molecule has 148 valence electrons. The maximum Gasteiger partial charge on any atom is 0.241 e. The van der Waals surface area contributed by atoms with Crippen molar-refractivity contribution in [3.63, 3.8) is 0 Å². The largest absolute Gasteiger partial charge is 0.349 e. The normalized spacial score (nSPS) is 23.0. The van der Waals surface area contributed by atoms with E-state index in [9.17, 15) is 9.18 Å². The van der Waals surface area contributed by atoms with Gasteiger partial charge >= 0.3 is 0 Å². The van der Waals surface area contributed by atoms with Crippen LogP contribution in [0.2, 0.25) is 0 Å². The SMILES string of the molecule is CC[C@@H](C)[C@H]1NC2(CCN(C(=S)Nc3ccc(F)cc3)CC2)N(CC)C1=O. The first kappa shape index (κ1) is 20.0. The van der Waals surface area contributed by atoms with Gasteiger partial charge in [-0.05, 0) is 49.3 Å². The topological polar surface area (TPSA) is 47.6 Å². The third kappa shape index (κ3) is 3.94. The molecule has 0 aliphatic carbocycles. The summed E-state index contributed by atoms with van der Waals surface area (Å²) in [6.07, 6.45) is 2.66. The zero-order valence-corrected chi connectivity index (χ0v) is 17.1. The van der Waals surface area contributed by atoms with E-state index in [1.807, 2.05) is 11.8 Å². The highest BCUT2D eigenvalue weighted by molar-refractivity contribution is 7.80. The number of rotatable bonds is 4. The van der Waals surface area contributed by atoms with Gasteiger partial charge in [-0.1, -0.05) is 20.3 Å². The summed E-state index contributed by atoms with van der Waals surface area (Å²) in [5.41, 5.74) is 0.518. The number of benzene rings is 1. The molecule has 1 aromatic rings. The highest BCUT2D eigenvalue weighted by atomic mass is 32.1. The number of anilines is 1. The number of halogens is 1. The van der Waals surface area contributed by atoms with Crippen LogP contribution >= 0.6 is 12.2 Å². The molecule has 0 radical (unpaired) electrons. The molecule has 1 aromatic carbocycles. The number of carbonyl (C=O) groups excluding carboxylic acids is 1. The van der Waals surface area contributed by atoms with E-state index in [1.165, 1.54) is 12.1 Å². The maximum atomic E-state index is 13.1. The molecule has 7 heteroatoms.